The number of nitrogens with two attached hydrogens (primary N) is 1. The first kappa shape index (κ1) is 31.9. The molecule has 10 nitrogen and oxygen atoms in total. The predicted octanol–water partition coefficient (Wildman–Crippen LogP) is 2.84. The molecule has 4 aliphatic rings. The largest absolute Gasteiger partial charge is 0.498 e. The molecule has 0 unspecified atom stereocenters. The Morgan fingerprint density at radius 3 is 1.93 bits per heavy atom. The lowest BCUT2D eigenvalue weighted by Gasteiger charge is -2.21. The first-order chi connectivity index (χ1) is 18.7. The number of carbonyl (C=O) groups is 1. The minimum absolute atomic E-state index is 0. The number of carbonyl (C=O) groups excluding carboxylic acids is 1. The quantitative estimate of drug-likeness (QED) is 0.357. The molecule has 0 aliphatic carbocycles. The summed E-state index contributed by atoms with van der Waals surface area (Å²) in [5.74, 6) is 1.66. The van der Waals surface area contributed by atoms with Crippen LogP contribution in [0.2, 0.25) is 0 Å². The first-order valence-corrected chi connectivity index (χ1v) is 14.9. The Bertz CT molecular complexity index is 1240. The summed E-state index contributed by atoms with van der Waals surface area (Å²) in [4.78, 5) is 11.9. The molecule has 0 bridgehead atoms. The SMILES string of the molecule is CC(C)(C)OC(=O)NC[C@H]1OB2OCCOc3ccc(I)c1c32.Cl.NC[C@H]1OB2OCCOc3ccc(I)c1c32. The Morgan fingerprint density at radius 2 is 1.43 bits per heavy atom. The highest BCUT2D eigenvalue weighted by Crippen LogP contribution is 2.34. The van der Waals surface area contributed by atoms with Gasteiger partial charge in [0.05, 0.1) is 25.4 Å². The number of halogens is 3. The van der Waals surface area contributed by atoms with Gasteiger partial charge < -0.3 is 43.9 Å². The number of hydrogen-bond donors (Lipinski definition) is 2. The van der Waals surface area contributed by atoms with E-state index in [2.05, 4.69) is 50.5 Å². The van der Waals surface area contributed by atoms with E-state index in [-0.39, 0.29) is 31.7 Å². The van der Waals surface area contributed by atoms with Gasteiger partial charge in [0.15, 0.2) is 0 Å². The molecule has 0 radical (unpaired) electrons. The second-order valence-electron chi connectivity index (χ2n) is 10.2. The molecule has 0 saturated carbocycles. The number of benzene rings is 2. The Balaban J connectivity index is 0.000000191. The maximum absolute atomic E-state index is 11.9. The van der Waals surface area contributed by atoms with Crippen molar-refractivity contribution in [2.24, 2.45) is 5.73 Å². The Labute approximate surface area is 268 Å². The van der Waals surface area contributed by atoms with Crippen molar-refractivity contribution in [2.75, 3.05) is 39.5 Å². The van der Waals surface area contributed by atoms with Crippen molar-refractivity contribution in [1.29, 1.82) is 0 Å². The second-order valence-corrected chi connectivity index (χ2v) is 12.5. The molecule has 0 saturated heterocycles. The third-order valence-corrected chi connectivity index (χ3v) is 8.23. The molecule has 4 aliphatic heterocycles. The van der Waals surface area contributed by atoms with Crippen LogP contribution in [-0.2, 0) is 23.4 Å². The molecule has 2 atom stereocenters. The van der Waals surface area contributed by atoms with E-state index in [1.807, 2.05) is 45.0 Å². The second kappa shape index (κ2) is 13.5. The zero-order chi connectivity index (χ0) is 27.7. The van der Waals surface area contributed by atoms with E-state index in [9.17, 15) is 4.79 Å². The van der Waals surface area contributed by atoms with Gasteiger partial charge in [0.25, 0.3) is 0 Å². The van der Waals surface area contributed by atoms with E-state index in [1.54, 1.807) is 0 Å². The van der Waals surface area contributed by atoms with Crippen molar-refractivity contribution in [2.45, 2.75) is 38.6 Å². The van der Waals surface area contributed by atoms with Crippen molar-refractivity contribution in [1.82, 2.24) is 5.32 Å². The number of hydrogen-bond acceptors (Lipinski definition) is 9. The molecule has 216 valence electrons. The lowest BCUT2D eigenvalue weighted by Crippen LogP contribution is -2.35. The third kappa shape index (κ3) is 6.96. The fourth-order valence-corrected chi connectivity index (χ4v) is 6.45. The van der Waals surface area contributed by atoms with E-state index in [0.717, 1.165) is 40.7 Å². The molecule has 1 amide bonds. The zero-order valence-electron chi connectivity index (χ0n) is 22.4. The molecule has 4 heterocycles. The minimum Gasteiger partial charge on any atom is -0.492 e. The molecule has 3 N–H and O–H groups in total. The molecular formula is C25H31B2ClI2N2O8. The standard InChI is InChI=1S/C15H19BINO5.C10H11BINO3.ClH/c1-15(2,3)22-14(19)18-8-11-12-9(17)4-5-10-13(12)16(23-11)21-7-6-20-10;12-6-1-2-7-10-9(6)8(5-13)16-11(10)15-4-3-14-7;/h4-5,11H,6-8H2,1-3H3,(H,18,19);1-2,8H,3-5,13H2;1H/t11-;8-;/m11./s1. The van der Waals surface area contributed by atoms with Crippen molar-refractivity contribution in [3.8, 4) is 11.5 Å². The summed E-state index contributed by atoms with van der Waals surface area (Å²) in [5, 5.41) is 2.76. The number of alkyl carbamates (subject to hydrolysis) is 1. The Hall–Kier alpha value is -1.01. The van der Waals surface area contributed by atoms with E-state index >= 15 is 0 Å². The zero-order valence-corrected chi connectivity index (χ0v) is 27.5. The lowest BCUT2D eigenvalue weighted by molar-refractivity contribution is 0.0494. The van der Waals surface area contributed by atoms with Gasteiger partial charge in [-0.25, -0.2) is 4.79 Å². The van der Waals surface area contributed by atoms with Crippen LogP contribution in [0.15, 0.2) is 24.3 Å². The molecule has 6 rings (SSSR count). The highest BCUT2D eigenvalue weighted by atomic mass is 127. The molecule has 15 heteroatoms. The fraction of sp³-hybridized carbons (Fsp3) is 0.480. The van der Waals surface area contributed by atoms with Crippen molar-refractivity contribution in [3.63, 3.8) is 0 Å². The van der Waals surface area contributed by atoms with Gasteiger partial charge in [-0.1, -0.05) is 0 Å². The summed E-state index contributed by atoms with van der Waals surface area (Å²) in [6.45, 7) is 8.37. The molecule has 2 aromatic carbocycles. The number of amides is 1. The summed E-state index contributed by atoms with van der Waals surface area (Å²) in [6, 6.07) is 7.95. The lowest BCUT2D eigenvalue weighted by atomic mass is 9.78. The van der Waals surface area contributed by atoms with E-state index < -0.39 is 18.8 Å². The van der Waals surface area contributed by atoms with E-state index in [1.165, 1.54) is 0 Å². The minimum atomic E-state index is -0.527. The number of ether oxygens (including phenoxy) is 3. The highest BCUT2D eigenvalue weighted by Gasteiger charge is 2.43. The van der Waals surface area contributed by atoms with Gasteiger partial charge in [0, 0.05) is 31.2 Å². The van der Waals surface area contributed by atoms with Crippen LogP contribution in [0.5, 0.6) is 11.5 Å². The van der Waals surface area contributed by atoms with Crippen molar-refractivity contribution in [3.05, 3.63) is 42.5 Å². The third-order valence-electron chi connectivity index (χ3n) is 6.34. The maximum Gasteiger partial charge on any atom is 0.498 e. The summed E-state index contributed by atoms with van der Waals surface area (Å²) in [5.41, 5.74) is 9.31. The summed E-state index contributed by atoms with van der Waals surface area (Å²) in [6.07, 6.45) is -0.814. The van der Waals surface area contributed by atoms with Crippen LogP contribution >= 0.6 is 57.6 Å². The first-order valence-electron chi connectivity index (χ1n) is 12.8. The molecule has 40 heavy (non-hydrogen) atoms. The van der Waals surface area contributed by atoms with Crippen LogP contribution in [0.25, 0.3) is 0 Å². The Kier molecular flexibility index (Phi) is 10.8. The van der Waals surface area contributed by atoms with Gasteiger partial charge in [-0.3, -0.25) is 0 Å². The van der Waals surface area contributed by atoms with Gasteiger partial charge in [-0.15, -0.1) is 12.4 Å². The molecule has 0 spiro atoms. The van der Waals surface area contributed by atoms with Crippen LogP contribution in [0, 0.1) is 7.14 Å². The summed E-state index contributed by atoms with van der Waals surface area (Å²) >= 11 is 4.56. The maximum atomic E-state index is 11.9. The van der Waals surface area contributed by atoms with E-state index in [0.29, 0.717) is 39.5 Å². The van der Waals surface area contributed by atoms with Crippen LogP contribution in [0.4, 0.5) is 4.79 Å². The van der Waals surface area contributed by atoms with Crippen LogP contribution in [0.3, 0.4) is 0 Å². The topological polar surface area (TPSA) is 120 Å². The van der Waals surface area contributed by atoms with E-state index in [4.69, 9.17) is 38.6 Å². The molecule has 2 aromatic rings. The predicted molar refractivity (Wildman–Crippen MR) is 170 cm³/mol. The van der Waals surface area contributed by atoms with Crippen LogP contribution < -0.4 is 31.4 Å². The van der Waals surface area contributed by atoms with Gasteiger partial charge in [-0.2, -0.15) is 0 Å². The smallest absolute Gasteiger partial charge is 0.492 e. The van der Waals surface area contributed by atoms with Gasteiger partial charge >= 0.3 is 20.3 Å². The molecule has 0 aromatic heterocycles. The van der Waals surface area contributed by atoms with Crippen LogP contribution in [0.1, 0.15) is 44.1 Å². The fourth-order valence-electron chi connectivity index (χ4n) is 4.82. The highest BCUT2D eigenvalue weighted by molar-refractivity contribution is 14.1. The van der Waals surface area contributed by atoms with Gasteiger partial charge in [0.2, 0.25) is 0 Å². The number of rotatable bonds is 3. The average molecular weight is 798 g/mol. The van der Waals surface area contributed by atoms with Crippen molar-refractivity contribution >= 4 is 88.8 Å². The molecular weight excluding hydrogens is 767 g/mol. The van der Waals surface area contributed by atoms with Gasteiger partial charge in [-0.05, 0) is 101 Å². The van der Waals surface area contributed by atoms with Crippen LogP contribution in [-0.4, -0.2) is 65.4 Å². The summed E-state index contributed by atoms with van der Waals surface area (Å²) in [7, 11) is -0.751. The van der Waals surface area contributed by atoms with Gasteiger partial charge in [0.1, 0.15) is 30.3 Å². The summed E-state index contributed by atoms with van der Waals surface area (Å²) < 4.78 is 41.9. The normalized spacial score (nSPS) is 20.4. The average Bonchev–Trinajstić information content (AvgIpc) is 3.29. The Morgan fingerprint density at radius 1 is 0.925 bits per heavy atom. The number of nitrogens with one attached hydrogen (secondary N) is 1. The molecule has 0 fully saturated rings. The monoisotopic (exact) mass is 798 g/mol. The van der Waals surface area contributed by atoms with Crippen molar-refractivity contribution < 1.29 is 37.6 Å².